The van der Waals surface area contributed by atoms with E-state index in [0.717, 1.165) is 0 Å². The topological polar surface area (TPSA) is 153 Å². The Hall–Kier alpha value is 1.06. The largest absolute Gasteiger partial charge is 3.00 e. The van der Waals surface area contributed by atoms with Gasteiger partial charge < -0.3 is 27.4 Å². The summed E-state index contributed by atoms with van der Waals surface area (Å²) < 4.78 is 0. The summed E-state index contributed by atoms with van der Waals surface area (Å²) in [5.41, 5.74) is 0. The van der Waals surface area contributed by atoms with Gasteiger partial charge in [-0.15, -0.1) is 0 Å². The van der Waals surface area contributed by atoms with Crippen LogP contribution in [-0.4, -0.2) is 21.9 Å². The summed E-state index contributed by atoms with van der Waals surface area (Å²) in [6.07, 6.45) is 0. The molecule has 6 heteroatoms. The van der Waals surface area contributed by atoms with Crippen molar-refractivity contribution in [2.75, 3.05) is 0 Å². The molecule has 5 nitrogen and oxygen atoms in total. The van der Waals surface area contributed by atoms with Gasteiger partial charge in [-0.1, -0.05) is 0 Å². The number of hydrogen-bond donors (Lipinski definition) is 0. The molecule has 0 aliphatic rings. The maximum absolute atomic E-state index is 0. The van der Waals surface area contributed by atoms with E-state index in [1.54, 1.807) is 0 Å². The van der Waals surface area contributed by atoms with Crippen molar-refractivity contribution < 1.29 is 65.1 Å². The van der Waals surface area contributed by atoms with E-state index in [2.05, 4.69) is 0 Å². The van der Waals surface area contributed by atoms with Crippen LogP contribution in [-0.2, 0) is 5.48 Å². The van der Waals surface area contributed by atoms with E-state index < -0.39 is 0 Å². The summed E-state index contributed by atoms with van der Waals surface area (Å²) in [6.45, 7) is 0. The van der Waals surface area contributed by atoms with Crippen molar-refractivity contribution in [2.45, 2.75) is 0 Å². The summed E-state index contributed by atoms with van der Waals surface area (Å²) in [7, 11) is 0. The van der Waals surface area contributed by atoms with Crippen LogP contribution in [0.1, 0.15) is 0 Å². The van der Waals surface area contributed by atoms with Gasteiger partial charge in [-0.05, 0) is 0 Å². The van der Waals surface area contributed by atoms with Crippen molar-refractivity contribution in [1.82, 2.24) is 0 Å². The molecule has 6 heavy (non-hydrogen) atoms. The molecule has 0 aromatic rings. The first-order valence-electron chi connectivity index (χ1n) is 0. The third-order valence-corrected chi connectivity index (χ3v) is 0. The van der Waals surface area contributed by atoms with Gasteiger partial charge in [-0.2, -0.15) is 0 Å². The van der Waals surface area contributed by atoms with Crippen LogP contribution in [0.15, 0.2) is 0 Å². The first-order valence-corrected chi connectivity index (χ1v) is 0. The summed E-state index contributed by atoms with van der Waals surface area (Å²) in [4.78, 5) is 0. The molecule has 0 saturated heterocycles. The van der Waals surface area contributed by atoms with E-state index in [0.29, 0.717) is 0 Å². The van der Waals surface area contributed by atoms with Crippen LogP contribution >= 0.6 is 0 Å². The van der Waals surface area contributed by atoms with Crippen molar-refractivity contribution in [1.29, 1.82) is 0 Å². The van der Waals surface area contributed by atoms with Crippen molar-refractivity contribution in [3.8, 4) is 0 Å². The van der Waals surface area contributed by atoms with Gasteiger partial charge in [0, 0.05) is 0 Å². The minimum absolute atomic E-state index is 0. The van der Waals surface area contributed by atoms with Gasteiger partial charge in [0.1, 0.15) is 0 Å². The molecular weight excluding hydrogens is 245 g/mol. The van der Waals surface area contributed by atoms with E-state index in [1.807, 2.05) is 0 Å². The Kier molecular flexibility index (Phi) is 5310. The van der Waals surface area contributed by atoms with E-state index in [-0.39, 0.29) is 65.1 Å². The fraction of sp³-hybridized carbons (Fsp3) is 0. The molecule has 48 valence electrons. The Morgan fingerprint density at radius 1 is 0.667 bits per heavy atom. The van der Waals surface area contributed by atoms with Crippen molar-refractivity contribution >= 4 is 0 Å². The molecule has 0 rings (SSSR count). The minimum atomic E-state index is 0. The molecule has 0 unspecified atom stereocenters. The van der Waals surface area contributed by atoms with Crippen molar-refractivity contribution in [2.24, 2.45) is 0 Å². The summed E-state index contributed by atoms with van der Waals surface area (Å²) >= 11 is 0. The second kappa shape index (κ2) is 138. The third kappa shape index (κ3) is 74.3. The van der Waals surface area contributed by atoms with E-state index >= 15 is 0 Å². The monoisotopic (exact) mass is 252 g/mol. The molecule has 0 heterocycles. The van der Waals surface area contributed by atoms with Crippen LogP contribution < -0.4 is 0 Å². The molecule has 0 aromatic heterocycles. The van der Waals surface area contributed by atoms with Crippen LogP contribution in [0.2, 0.25) is 0 Å². The first kappa shape index (κ1) is 231. The molecular formula is H7HoO5. The van der Waals surface area contributed by atoms with Crippen LogP contribution in [0, 0.1) is 37.7 Å². The van der Waals surface area contributed by atoms with Crippen molar-refractivity contribution in [3.63, 3.8) is 0 Å². The fourth-order valence-corrected chi connectivity index (χ4v) is 0. The Balaban J connectivity index is 0. The van der Waals surface area contributed by atoms with E-state index in [1.165, 1.54) is 0 Å². The fourth-order valence-electron chi connectivity index (χ4n) is 0. The van der Waals surface area contributed by atoms with Crippen LogP contribution in [0.5, 0.6) is 0 Å². The van der Waals surface area contributed by atoms with Crippen LogP contribution in [0.4, 0.5) is 0 Å². The molecule has 0 bridgehead atoms. The molecule has 0 fully saturated rings. The van der Waals surface area contributed by atoms with Gasteiger partial charge in [0.05, 0.1) is 0 Å². The Morgan fingerprint density at radius 3 is 0.667 bits per heavy atom. The average molecular weight is 252 g/mol. The van der Waals surface area contributed by atoms with Crippen LogP contribution in [0.25, 0.3) is 0 Å². The standard InChI is InChI=1S/Ho.4H2O.O/h;4*1H2;/q+3;;;;;-2/p-1. The van der Waals surface area contributed by atoms with Gasteiger partial charge in [0.25, 0.3) is 0 Å². The summed E-state index contributed by atoms with van der Waals surface area (Å²) in [6, 6.07) is 0. The summed E-state index contributed by atoms with van der Waals surface area (Å²) in [5, 5.41) is 0. The first-order chi connectivity index (χ1) is 0. The van der Waals surface area contributed by atoms with Gasteiger partial charge in [0.2, 0.25) is 0 Å². The van der Waals surface area contributed by atoms with Gasteiger partial charge in [-0.3, -0.25) is 0 Å². The molecule has 0 aliphatic carbocycles. The zero-order chi connectivity index (χ0) is 0. The molecule has 0 aliphatic heterocycles. The second-order valence-electron chi connectivity index (χ2n) is 0. The minimum Gasteiger partial charge on any atom is -2.00 e. The second-order valence-corrected chi connectivity index (χ2v) is 0. The quantitative estimate of drug-likeness (QED) is 0.420. The smallest absolute Gasteiger partial charge is 2.00 e. The van der Waals surface area contributed by atoms with E-state index in [9.17, 15) is 0 Å². The molecule has 0 atom stereocenters. The van der Waals surface area contributed by atoms with Crippen molar-refractivity contribution in [3.05, 3.63) is 0 Å². The number of hydrogen-bond acceptors (Lipinski definition) is 1. The van der Waals surface area contributed by atoms with Gasteiger partial charge in [-0.25, -0.2) is 0 Å². The SMILES string of the molecule is O.O.O.[Ho+3].[O-2].[OH-]. The number of rotatable bonds is 0. The van der Waals surface area contributed by atoms with Gasteiger partial charge in [0.15, 0.2) is 0 Å². The zero-order valence-electron chi connectivity index (χ0n) is 2.66. The molecule has 7 N–H and O–H groups in total. The Labute approximate surface area is 64.9 Å². The predicted molar refractivity (Wildman–Crippen MR) is 13.5 cm³/mol. The van der Waals surface area contributed by atoms with Crippen LogP contribution in [0.3, 0.4) is 0 Å². The normalized spacial score (nSPS) is 0. The maximum Gasteiger partial charge on any atom is 3.00 e. The van der Waals surface area contributed by atoms with E-state index in [4.69, 9.17) is 0 Å². The molecule has 0 spiro atoms. The molecule has 0 amide bonds. The summed E-state index contributed by atoms with van der Waals surface area (Å²) in [5.74, 6) is 0. The Morgan fingerprint density at radius 2 is 0.667 bits per heavy atom. The third-order valence-electron chi connectivity index (χ3n) is 0. The Bertz CT molecular complexity index is 3.90. The molecule has 0 radical (unpaired) electrons. The molecule has 0 saturated carbocycles. The van der Waals surface area contributed by atoms with Gasteiger partial charge >= 0.3 is 37.7 Å². The maximum atomic E-state index is 0. The zero-order valence-corrected chi connectivity index (χ0v) is 4.59. The predicted octanol–water partition coefficient (Wildman–Crippen LogP) is -2.77. The average Bonchev–Trinajstić information content (AvgIpc) is 0. The molecule has 0 aromatic carbocycles.